The molecule has 0 saturated heterocycles. The molecule has 4 heteroatoms. The molecule has 1 nitrogen and oxygen atoms in total. The lowest BCUT2D eigenvalue weighted by molar-refractivity contribution is -0.673. The molecule has 0 unspecified atom stereocenters. The largest absolute Gasteiger partial charge is 1.00 e. The fraction of sp³-hybridized carbons (Fsp3) is 0.0714. The molecule has 1 heterocycles. The summed E-state index contributed by atoms with van der Waals surface area (Å²) in [6.07, 6.45) is 5.00. The summed E-state index contributed by atoms with van der Waals surface area (Å²) in [6, 6.07) is 9.47. The Bertz CT molecular complexity index is 547. The van der Waals surface area contributed by atoms with E-state index in [4.69, 9.17) is 0 Å². The molecule has 18 heavy (non-hydrogen) atoms. The Balaban J connectivity index is 0.00000162. The molecule has 2 aromatic rings. The fourth-order valence-corrected chi connectivity index (χ4v) is 1.55. The monoisotopic (exact) mass is 359 g/mol. The zero-order valence-electron chi connectivity index (χ0n) is 9.78. The Morgan fingerprint density at radius 1 is 0.944 bits per heavy atom. The average molecular weight is 359 g/mol. The molecular formula is C14H12F2IN. The molecule has 0 saturated carbocycles. The molecule has 0 aliphatic carbocycles. The maximum absolute atomic E-state index is 13.4. The van der Waals surface area contributed by atoms with E-state index in [1.807, 2.05) is 36.0 Å². The Morgan fingerprint density at radius 2 is 1.61 bits per heavy atom. The van der Waals surface area contributed by atoms with Crippen LogP contribution in [0.5, 0.6) is 0 Å². The molecule has 0 atom stereocenters. The standard InChI is InChI=1S/C14H12F2N.HI/c1-17-10-3-2-5-11(17)8-9-12-13(15)6-4-7-14(12)16;/h2-10H,1H3;1H/q+1;/p-1/b9-8+;. The minimum absolute atomic E-state index is 0. The highest BCUT2D eigenvalue weighted by atomic mass is 127. The number of pyridine rings is 1. The fourth-order valence-electron chi connectivity index (χ4n) is 1.55. The van der Waals surface area contributed by atoms with Gasteiger partial charge in [-0.3, -0.25) is 0 Å². The van der Waals surface area contributed by atoms with Crippen LogP contribution in [-0.4, -0.2) is 0 Å². The molecule has 0 aliphatic heterocycles. The Labute approximate surface area is 122 Å². The van der Waals surface area contributed by atoms with Gasteiger partial charge in [0.05, 0.1) is 0 Å². The minimum atomic E-state index is -0.556. The van der Waals surface area contributed by atoms with Crippen LogP contribution in [0.1, 0.15) is 11.3 Å². The van der Waals surface area contributed by atoms with Crippen LogP contribution in [0.25, 0.3) is 12.2 Å². The van der Waals surface area contributed by atoms with E-state index in [0.717, 1.165) is 5.69 Å². The summed E-state index contributed by atoms with van der Waals surface area (Å²) in [6.45, 7) is 0. The van der Waals surface area contributed by atoms with Crippen LogP contribution in [0.4, 0.5) is 8.78 Å². The maximum Gasteiger partial charge on any atom is 0.204 e. The average Bonchev–Trinajstić information content (AvgIpc) is 2.30. The molecule has 0 bridgehead atoms. The van der Waals surface area contributed by atoms with E-state index >= 15 is 0 Å². The summed E-state index contributed by atoms with van der Waals surface area (Å²) in [5.74, 6) is -1.11. The number of aryl methyl sites for hydroxylation is 1. The summed E-state index contributed by atoms with van der Waals surface area (Å²) < 4.78 is 28.6. The Kier molecular flexibility index (Phi) is 5.40. The van der Waals surface area contributed by atoms with Crippen molar-refractivity contribution < 1.29 is 37.3 Å². The molecule has 0 radical (unpaired) electrons. The van der Waals surface area contributed by atoms with Gasteiger partial charge in [-0.2, -0.15) is 0 Å². The van der Waals surface area contributed by atoms with Gasteiger partial charge in [-0.1, -0.05) is 6.07 Å². The van der Waals surface area contributed by atoms with Gasteiger partial charge in [0.2, 0.25) is 5.69 Å². The number of rotatable bonds is 2. The maximum atomic E-state index is 13.4. The van der Waals surface area contributed by atoms with Crippen molar-refractivity contribution in [1.29, 1.82) is 0 Å². The molecule has 0 amide bonds. The summed E-state index contributed by atoms with van der Waals surface area (Å²) in [7, 11) is 1.87. The van der Waals surface area contributed by atoms with Crippen LogP contribution in [0.15, 0.2) is 42.6 Å². The predicted molar refractivity (Wildman–Crippen MR) is 62.9 cm³/mol. The first-order valence-corrected chi connectivity index (χ1v) is 5.25. The van der Waals surface area contributed by atoms with Gasteiger partial charge in [0.15, 0.2) is 6.20 Å². The van der Waals surface area contributed by atoms with Gasteiger partial charge in [-0.15, -0.1) is 0 Å². The Hall–Kier alpha value is -1.30. The smallest absolute Gasteiger partial charge is 0.204 e. The van der Waals surface area contributed by atoms with Crippen molar-refractivity contribution in [3.8, 4) is 0 Å². The van der Waals surface area contributed by atoms with E-state index in [2.05, 4.69) is 0 Å². The molecule has 0 aliphatic rings. The lowest BCUT2D eigenvalue weighted by atomic mass is 10.1. The zero-order valence-corrected chi connectivity index (χ0v) is 11.9. The second kappa shape index (κ2) is 6.58. The molecule has 0 N–H and O–H groups in total. The van der Waals surface area contributed by atoms with Crippen LogP contribution >= 0.6 is 0 Å². The van der Waals surface area contributed by atoms with E-state index in [1.165, 1.54) is 24.3 Å². The third-order valence-electron chi connectivity index (χ3n) is 2.52. The topological polar surface area (TPSA) is 3.88 Å². The molecule has 0 fully saturated rings. The van der Waals surface area contributed by atoms with E-state index in [1.54, 1.807) is 6.08 Å². The molecule has 1 aromatic heterocycles. The third kappa shape index (κ3) is 3.35. The van der Waals surface area contributed by atoms with Gasteiger partial charge >= 0.3 is 0 Å². The summed E-state index contributed by atoms with van der Waals surface area (Å²) in [5.41, 5.74) is 0.853. The Morgan fingerprint density at radius 3 is 2.22 bits per heavy atom. The minimum Gasteiger partial charge on any atom is -1.00 e. The van der Waals surface area contributed by atoms with Crippen LogP contribution in [-0.2, 0) is 7.05 Å². The molecule has 0 spiro atoms. The van der Waals surface area contributed by atoms with Crippen molar-refractivity contribution in [3.05, 3.63) is 65.5 Å². The lowest BCUT2D eigenvalue weighted by Crippen LogP contribution is -3.00. The SMILES string of the molecule is C[n+]1ccccc1/C=C/c1c(F)cccc1F.[I-]. The molecule has 1 aromatic carbocycles. The van der Waals surface area contributed by atoms with Gasteiger partial charge in [0.25, 0.3) is 0 Å². The normalized spacial score (nSPS) is 10.4. The number of halogens is 3. The number of hydrogen-bond donors (Lipinski definition) is 0. The summed E-state index contributed by atoms with van der Waals surface area (Å²) >= 11 is 0. The zero-order chi connectivity index (χ0) is 12.3. The summed E-state index contributed by atoms with van der Waals surface area (Å²) in [5, 5.41) is 0. The second-order valence-electron chi connectivity index (χ2n) is 3.71. The van der Waals surface area contributed by atoms with Crippen LogP contribution in [0.3, 0.4) is 0 Å². The number of nitrogens with zero attached hydrogens (tertiary/aromatic N) is 1. The predicted octanol–water partition coefficient (Wildman–Crippen LogP) is -0.0363. The quantitative estimate of drug-likeness (QED) is 0.524. The van der Waals surface area contributed by atoms with Crippen molar-refractivity contribution in [1.82, 2.24) is 0 Å². The van der Waals surface area contributed by atoms with Gasteiger partial charge in [-0.05, 0) is 24.3 Å². The first-order chi connectivity index (χ1) is 8.18. The van der Waals surface area contributed by atoms with Crippen molar-refractivity contribution >= 4 is 12.2 Å². The van der Waals surface area contributed by atoms with Gasteiger partial charge < -0.3 is 24.0 Å². The molecular weight excluding hydrogens is 347 g/mol. The van der Waals surface area contributed by atoms with E-state index < -0.39 is 11.6 Å². The first kappa shape index (κ1) is 14.8. The van der Waals surface area contributed by atoms with Crippen molar-refractivity contribution in [2.24, 2.45) is 7.05 Å². The van der Waals surface area contributed by atoms with Gasteiger partial charge in [0, 0.05) is 23.8 Å². The van der Waals surface area contributed by atoms with Crippen molar-refractivity contribution in [2.45, 2.75) is 0 Å². The van der Waals surface area contributed by atoms with E-state index in [9.17, 15) is 8.78 Å². The molecule has 94 valence electrons. The first-order valence-electron chi connectivity index (χ1n) is 5.25. The number of hydrogen-bond acceptors (Lipinski definition) is 0. The number of aromatic nitrogens is 1. The highest BCUT2D eigenvalue weighted by molar-refractivity contribution is 5.67. The summed E-state index contributed by atoms with van der Waals surface area (Å²) in [4.78, 5) is 0. The van der Waals surface area contributed by atoms with Crippen molar-refractivity contribution in [3.63, 3.8) is 0 Å². The molecule has 2 rings (SSSR count). The third-order valence-corrected chi connectivity index (χ3v) is 2.52. The van der Waals surface area contributed by atoms with Crippen LogP contribution in [0, 0.1) is 11.6 Å². The van der Waals surface area contributed by atoms with Gasteiger partial charge in [-0.25, -0.2) is 13.3 Å². The van der Waals surface area contributed by atoms with Crippen LogP contribution < -0.4 is 28.5 Å². The van der Waals surface area contributed by atoms with E-state index in [-0.39, 0.29) is 29.5 Å². The second-order valence-corrected chi connectivity index (χ2v) is 3.71. The highest BCUT2D eigenvalue weighted by Crippen LogP contribution is 2.14. The van der Waals surface area contributed by atoms with Crippen LogP contribution in [0.2, 0.25) is 0 Å². The van der Waals surface area contributed by atoms with Crippen molar-refractivity contribution in [2.75, 3.05) is 0 Å². The lowest BCUT2D eigenvalue weighted by Gasteiger charge is -1.98. The van der Waals surface area contributed by atoms with Gasteiger partial charge in [0.1, 0.15) is 18.7 Å². The highest BCUT2D eigenvalue weighted by Gasteiger charge is 2.05. The van der Waals surface area contributed by atoms with E-state index in [0.29, 0.717) is 0 Å². The number of benzene rings is 1.